The van der Waals surface area contributed by atoms with Gasteiger partial charge in [0.15, 0.2) is 0 Å². The Morgan fingerprint density at radius 1 is 0.944 bits per heavy atom. The second-order valence-electron chi connectivity index (χ2n) is 5.74. The highest BCUT2D eigenvalue weighted by molar-refractivity contribution is 5.17. The smallest absolute Gasteiger partial charge is 0.0914 e. The lowest BCUT2D eigenvalue weighted by atomic mass is 9.85. The number of aliphatic hydroxyl groups excluding tert-OH is 1. The van der Waals surface area contributed by atoms with Crippen LogP contribution < -0.4 is 5.32 Å². The first kappa shape index (κ1) is 15.2. The fourth-order valence-electron chi connectivity index (χ4n) is 2.42. The van der Waals surface area contributed by atoms with E-state index in [4.69, 9.17) is 0 Å². The molecule has 1 rings (SSSR count). The maximum atomic E-state index is 10.0. The van der Waals surface area contributed by atoms with Gasteiger partial charge in [-0.05, 0) is 29.9 Å². The van der Waals surface area contributed by atoms with E-state index in [2.05, 4.69) is 33.0 Å². The van der Waals surface area contributed by atoms with Crippen LogP contribution in [-0.4, -0.2) is 18.2 Å². The summed E-state index contributed by atoms with van der Waals surface area (Å²) in [6, 6.07) is 9.83. The Labute approximate surface area is 111 Å². The molecule has 0 aromatic heterocycles. The molecule has 0 aliphatic carbocycles. The molecule has 1 aromatic rings. The molecule has 2 nitrogen and oxygen atoms in total. The highest BCUT2D eigenvalue weighted by Crippen LogP contribution is 2.19. The lowest BCUT2D eigenvalue weighted by Gasteiger charge is -2.25. The third-order valence-electron chi connectivity index (χ3n) is 3.61. The van der Waals surface area contributed by atoms with Crippen molar-refractivity contribution in [3.8, 4) is 0 Å². The molecule has 2 N–H and O–H groups in total. The van der Waals surface area contributed by atoms with E-state index in [0.717, 1.165) is 12.1 Å². The minimum Gasteiger partial charge on any atom is -0.387 e. The van der Waals surface area contributed by atoms with Gasteiger partial charge in [-0.25, -0.2) is 0 Å². The fourth-order valence-corrected chi connectivity index (χ4v) is 2.42. The second-order valence-corrected chi connectivity index (χ2v) is 5.74. The predicted octanol–water partition coefficient (Wildman–Crippen LogP) is 3.24. The van der Waals surface area contributed by atoms with Crippen molar-refractivity contribution >= 4 is 0 Å². The van der Waals surface area contributed by atoms with Gasteiger partial charge in [0.1, 0.15) is 0 Å². The predicted molar refractivity (Wildman–Crippen MR) is 77.4 cm³/mol. The molecule has 0 saturated carbocycles. The molecule has 102 valence electrons. The van der Waals surface area contributed by atoms with Crippen LogP contribution in [0, 0.1) is 17.8 Å². The summed E-state index contributed by atoms with van der Waals surface area (Å²) in [7, 11) is 0. The van der Waals surface area contributed by atoms with Crippen LogP contribution in [0.25, 0.3) is 0 Å². The van der Waals surface area contributed by atoms with E-state index < -0.39 is 6.10 Å². The van der Waals surface area contributed by atoms with Crippen LogP contribution in [0.4, 0.5) is 0 Å². The topological polar surface area (TPSA) is 32.3 Å². The van der Waals surface area contributed by atoms with Crippen LogP contribution in [0.15, 0.2) is 30.3 Å². The summed E-state index contributed by atoms with van der Waals surface area (Å²) in [5.74, 6) is 2.01. The molecule has 0 heterocycles. The zero-order valence-corrected chi connectivity index (χ0v) is 12.1. The first-order chi connectivity index (χ1) is 8.52. The van der Waals surface area contributed by atoms with Gasteiger partial charge in [-0.1, -0.05) is 58.0 Å². The van der Waals surface area contributed by atoms with Gasteiger partial charge in [-0.2, -0.15) is 0 Å². The van der Waals surface area contributed by atoms with Crippen molar-refractivity contribution < 1.29 is 5.11 Å². The summed E-state index contributed by atoms with van der Waals surface area (Å²) in [6.45, 7) is 10.7. The average Bonchev–Trinajstić information content (AvgIpc) is 2.34. The summed E-state index contributed by atoms with van der Waals surface area (Å²) in [6.07, 6.45) is -0.411. The summed E-state index contributed by atoms with van der Waals surface area (Å²) in [5.41, 5.74) is 0.982. The van der Waals surface area contributed by atoms with Crippen molar-refractivity contribution in [2.24, 2.45) is 17.8 Å². The molecule has 1 aromatic carbocycles. The van der Waals surface area contributed by atoms with E-state index in [-0.39, 0.29) is 0 Å². The van der Waals surface area contributed by atoms with E-state index in [1.807, 2.05) is 30.3 Å². The zero-order valence-electron chi connectivity index (χ0n) is 12.1. The highest BCUT2D eigenvalue weighted by atomic mass is 16.3. The Morgan fingerprint density at radius 2 is 1.50 bits per heavy atom. The van der Waals surface area contributed by atoms with Gasteiger partial charge in [0.25, 0.3) is 0 Å². The standard InChI is InChI=1S/C16H27NO/c1-12(2)15(13(3)4)10-17-11-16(18)14-8-6-5-7-9-14/h5-9,12-13,15-18H,10-11H2,1-4H3. The van der Waals surface area contributed by atoms with Gasteiger partial charge in [0.05, 0.1) is 6.10 Å². The fraction of sp³-hybridized carbons (Fsp3) is 0.625. The zero-order chi connectivity index (χ0) is 13.5. The Bertz CT molecular complexity index is 313. The number of nitrogens with one attached hydrogen (secondary N) is 1. The maximum Gasteiger partial charge on any atom is 0.0914 e. The van der Waals surface area contributed by atoms with E-state index in [1.165, 1.54) is 0 Å². The summed E-state index contributed by atoms with van der Waals surface area (Å²) in [4.78, 5) is 0. The van der Waals surface area contributed by atoms with Crippen LogP contribution in [0.5, 0.6) is 0 Å². The quantitative estimate of drug-likeness (QED) is 0.777. The van der Waals surface area contributed by atoms with Gasteiger partial charge in [0.2, 0.25) is 0 Å². The molecule has 0 amide bonds. The second kappa shape index (κ2) is 7.55. The Hall–Kier alpha value is -0.860. The Kier molecular flexibility index (Phi) is 6.37. The van der Waals surface area contributed by atoms with Crippen molar-refractivity contribution in [2.75, 3.05) is 13.1 Å². The first-order valence-electron chi connectivity index (χ1n) is 6.96. The van der Waals surface area contributed by atoms with Crippen LogP contribution >= 0.6 is 0 Å². The van der Waals surface area contributed by atoms with Crippen molar-refractivity contribution in [1.29, 1.82) is 0 Å². The lowest BCUT2D eigenvalue weighted by Crippen LogP contribution is -2.32. The Balaban J connectivity index is 2.37. The molecule has 0 spiro atoms. The summed E-state index contributed by atoms with van der Waals surface area (Å²) < 4.78 is 0. The van der Waals surface area contributed by atoms with Crippen LogP contribution in [-0.2, 0) is 0 Å². The van der Waals surface area contributed by atoms with Crippen LogP contribution in [0.1, 0.15) is 39.4 Å². The summed E-state index contributed by atoms with van der Waals surface area (Å²) in [5, 5.41) is 13.4. The molecule has 1 unspecified atom stereocenters. The minimum absolute atomic E-state index is 0.411. The van der Waals surface area contributed by atoms with Gasteiger partial charge >= 0.3 is 0 Å². The first-order valence-corrected chi connectivity index (χ1v) is 6.96. The number of aliphatic hydroxyl groups is 1. The van der Waals surface area contributed by atoms with Gasteiger partial charge in [0, 0.05) is 6.54 Å². The molecular formula is C16H27NO. The molecule has 1 atom stereocenters. The van der Waals surface area contributed by atoms with Crippen LogP contribution in [0.2, 0.25) is 0 Å². The molecule has 0 aliphatic rings. The number of rotatable bonds is 7. The van der Waals surface area contributed by atoms with Crippen molar-refractivity contribution in [3.05, 3.63) is 35.9 Å². The monoisotopic (exact) mass is 249 g/mol. The van der Waals surface area contributed by atoms with E-state index in [1.54, 1.807) is 0 Å². The minimum atomic E-state index is -0.411. The van der Waals surface area contributed by atoms with Crippen molar-refractivity contribution in [1.82, 2.24) is 5.32 Å². The number of hydrogen-bond acceptors (Lipinski definition) is 2. The lowest BCUT2D eigenvalue weighted by molar-refractivity contribution is 0.166. The number of benzene rings is 1. The molecule has 0 aliphatic heterocycles. The van der Waals surface area contributed by atoms with Crippen LogP contribution in [0.3, 0.4) is 0 Å². The third-order valence-corrected chi connectivity index (χ3v) is 3.61. The molecule has 18 heavy (non-hydrogen) atoms. The molecule has 0 saturated heterocycles. The van der Waals surface area contributed by atoms with Crippen molar-refractivity contribution in [2.45, 2.75) is 33.8 Å². The average molecular weight is 249 g/mol. The highest BCUT2D eigenvalue weighted by Gasteiger charge is 2.17. The molecule has 0 bridgehead atoms. The van der Waals surface area contributed by atoms with Crippen molar-refractivity contribution in [3.63, 3.8) is 0 Å². The van der Waals surface area contributed by atoms with E-state index in [0.29, 0.717) is 24.3 Å². The normalized spacial score (nSPS) is 13.6. The SMILES string of the molecule is CC(C)C(CNCC(O)c1ccccc1)C(C)C. The largest absolute Gasteiger partial charge is 0.387 e. The van der Waals surface area contributed by atoms with E-state index in [9.17, 15) is 5.11 Å². The Morgan fingerprint density at radius 3 is 2.00 bits per heavy atom. The third kappa shape index (κ3) is 4.79. The molecule has 0 radical (unpaired) electrons. The molecule has 2 heteroatoms. The number of hydrogen-bond donors (Lipinski definition) is 2. The summed E-state index contributed by atoms with van der Waals surface area (Å²) >= 11 is 0. The van der Waals surface area contributed by atoms with Gasteiger partial charge in [-0.3, -0.25) is 0 Å². The van der Waals surface area contributed by atoms with E-state index >= 15 is 0 Å². The molecule has 0 fully saturated rings. The van der Waals surface area contributed by atoms with Gasteiger partial charge in [-0.15, -0.1) is 0 Å². The van der Waals surface area contributed by atoms with Gasteiger partial charge < -0.3 is 10.4 Å². The maximum absolute atomic E-state index is 10.0. The molecular weight excluding hydrogens is 222 g/mol.